The average Bonchev–Trinajstić information content (AvgIpc) is 2.51. The second kappa shape index (κ2) is 6.70. The first-order chi connectivity index (χ1) is 10.2. The van der Waals surface area contributed by atoms with Gasteiger partial charge in [-0.15, -0.1) is 0 Å². The van der Waals surface area contributed by atoms with Crippen LogP contribution in [0.15, 0.2) is 42.5 Å². The minimum Gasteiger partial charge on any atom is -0.463 e. The zero-order valence-electron chi connectivity index (χ0n) is 12.1. The highest BCUT2D eigenvalue weighted by Gasteiger charge is 2.10. The zero-order chi connectivity index (χ0) is 15.2. The van der Waals surface area contributed by atoms with Crippen molar-refractivity contribution in [3.8, 4) is 0 Å². The second-order valence-electron chi connectivity index (χ2n) is 4.45. The summed E-state index contributed by atoms with van der Waals surface area (Å²) in [4.78, 5) is 23.4. The van der Waals surface area contributed by atoms with E-state index in [1.54, 1.807) is 20.0 Å². The first kappa shape index (κ1) is 14.8. The number of rotatable bonds is 4. The molecule has 0 atom stereocenters. The molecule has 0 unspecified atom stereocenters. The van der Waals surface area contributed by atoms with Crippen LogP contribution in [0.4, 0.5) is 0 Å². The smallest absolute Gasteiger partial charge is 0.330 e. The highest BCUT2D eigenvalue weighted by Crippen LogP contribution is 2.21. The van der Waals surface area contributed by atoms with Gasteiger partial charge >= 0.3 is 5.97 Å². The summed E-state index contributed by atoms with van der Waals surface area (Å²) in [6, 6.07) is 11.5. The van der Waals surface area contributed by atoms with Crippen LogP contribution in [-0.4, -0.2) is 25.5 Å². The van der Waals surface area contributed by atoms with Crippen molar-refractivity contribution in [2.45, 2.75) is 6.92 Å². The summed E-state index contributed by atoms with van der Waals surface area (Å²) in [5.41, 5.74) is 1.21. The molecule has 2 aromatic carbocycles. The molecule has 2 aromatic rings. The number of carbonyl (C=O) groups is 2. The Hall–Kier alpha value is -2.62. The summed E-state index contributed by atoms with van der Waals surface area (Å²) in [5.74, 6) is -0.613. The molecule has 0 aliphatic rings. The van der Waals surface area contributed by atoms with E-state index < -0.39 is 5.97 Å². The van der Waals surface area contributed by atoms with Gasteiger partial charge in [0.05, 0.1) is 6.61 Å². The van der Waals surface area contributed by atoms with Gasteiger partial charge in [0.2, 0.25) is 0 Å². The van der Waals surface area contributed by atoms with Gasteiger partial charge in [-0.05, 0) is 41.5 Å². The Morgan fingerprint density at radius 2 is 1.86 bits per heavy atom. The molecule has 0 aliphatic carbocycles. The number of fused-ring (bicyclic) bond motifs is 1. The number of nitrogens with one attached hydrogen (secondary N) is 1. The minimum atomic E-state index is -0.423. The summed E-state index contributed by atoms with van der Waals surface area (Å²) < 4.78 is 4.85. The van der Waals surface area contributed by atoms with Crippen molar-refractivity contribution in [2.24, 2.45) is 0 Å². The summed E-state index contributed by atoms with van der Waals surface area (Å²) in [6.45, 7) is 2.07. The van der Waals surface area contributed by atoms with Crippen molar-refractivity contribution in [2.75, 3.05) is 13.7 Å². The van der Waals surface area contributed by atoms with Crippen LogP contribution in [-0.2, 0) is 9.53 Å². The number of carbonyl (C=O) groups excluding carboxylic acids is 2. The van der Waals surface area contributed by atoms with Crippen molar-refractivity contribution in [1.29, 1.82) is 0 Å². The lowest BCUT2D eigenvalue weighted by Gasteiger charge is -2.07. The molecule has 1 N–H and O–H groups in total. The standard InChI is InChI=1S/C17H17NO3/c1-3-21-16(19)9-8-14-10-12-6-4-5-7-13(12)11-15(14)17(20)18-2/h4-11H,3H2,1-2H3,(H,18,20)/b9-8+. The average molecular weight is 283 g/mol. The van der Waals surface area contributed by atoms with Gasteiger partial charge in [0.25, 0.3) is 5.91 Å². The van der Waals surface area contributed by atoms with Crippen LogP contribution in [0.1, 0.15) is 22.8 Å². The maximum atomic E-state index is 12.0. The maximum Gasteiger partial charge on any atom is 0.330 e. The molecule has 0 radical (unpaired) electrons. The van der Waals surface area contributed by atoms with Crippen molar-refractivity contribution in [3.05, 3.63) is 53.6 Å². The van der Waals surface area contributed by atoms with Crippen molar-refractivity contribution < 1.29 is 14.3 Å². The van der Waals surface area contributed by atoms with Crippen molar-refractivity contribution in [1.82, 2.24) is 5.32 Å². The van der Waals surface area contributed by atoms with E-state index in [2.05, 4.69) is 5.32 Å². The van der Waals surface area contributed by atoms with Gasteiger partial charge in [0.1, 0.15) is 0 Å². The Kier molecular flexibility index (Phi) is 4.72. The third-order valence-electron chi connectivity index (χ3n) is 3.08. The Labute approximate surface area is 123 Å². The van der Waals surface area contributed by atoms with Gasteiger partial charge in [0.15, 0.2) is 0 Å². The van der Waals surface area contributed by atoms with E-state index >= 15 is 0 Å². The van der Waals surface area contributed by atoms with Crippen LogP contribution in [0.5, 0.6) is 0 Å². The number of esters is 1. The monoisotopic (exact) mass is 283 g/mol. The Balaban J connectivity index is 2.48. The lowest BCUT2D eigenvalue weighted by Crippen LogP contribution is -2.18. The first-order valence-corrected chi connectivity index (χ1v) is 6.75. The number of ether oxygens (including phenoxy) is 1. The number of hydrogen-bond donors (Lipinski definition) is 1. The van der Waals surface area contributed by atoms with Crippen LogP contribution in [0.3, 0.4) is 0 Å². The van der Waals surface area contributed by atoms with Gasteiger partial charge < -0.3 is 10.1 Å². The molecule has 108 valence electrons. The van der Waals surface area contributed by atoms with Crippen LogP contribution in [0, 0.1) is 0 Å². The van der Waals surface area contributed by atoms with E-state index in [0.717, 1.165) is 10.8 Å². The molecule has 0 aliphatic heterocycles. The fourth-order valence-electron chi connectivity index (χ4n) is 2.08. The summed E-state index contributed by atoms with van der Waals surface area (Å²) in [6.07, 6.45) is 2.94. The molecule has 0 aromatic heterocycles. The fourth-order valence-corrected chi connectivity index (χ4v) is 2.08. The molecule has 4 heteroatoms. The van der Waals surface area contributed by atoms with Crippen molar-refractivity contribution in [3.63, 3.8) is 0 Å². The van der Waals surface area contributed by atoms with E-state index in [0.29, 0.717) is 17.7 Å². The number of hydrogen-bond acceptors (Lipinski definition) is 3. The minimum absolute atomic E-state index is 0.190. The third kappa shape index (κ3) is 3.48. The summed E-state index contributed by atoms with van der Waals surface area (Å²) in [5, 5.41) is 4.59. The molecule has 2 rings (SSSR count). The Morgan fingerprint density at radius 3 is 2.48 bits per heavy atom. The molecule has 0 spiro atoms. The molecule has 0 saturated carbocycles. The summed E-state index contributed by atoms with van der Waals surface area (Å²) >= 11 is 0. The molecule has 0 heterocycles. The maximum absolute atomic E-state index is 12.0. The SMILES string of the molecule is CCOC(=O)/C=C/c1cc2ccccc2cc1C(=O)NC. The normalized spacial score (nSPS) is 10.8. The Morgan fingerprint density at radius 1 is 1.19 bits per heavy atom. The molecule has 0 bridgehead atoms. The predicted octanol–water partition coefficient (Wildman–Crippen LogP) is 2.78. The highest BCUT2D eigenvalue weighted by molar-refractivity contribution is 6.03. The predicted molar refractivity (Wildman–Crippen MR) is 83.0 cm³/mol. The molecular weight excluding hydrogens is 266 g/mol. The number of amides is 1. The molecule has 4 nitrogen and oxygen atoms in total. The Bertz CT molecular complexity index is 704. The van der Waals surface area contributed by atoms with Crippen LogP contribution < -0.4 is 5.32 Å². The molecule has 0 saturated heterocycles. The van der Waals surface area contributed by atoms with Gasteiger partial charge in [-0.2, -0.15) is 0 Å². The van der Waals surface area contributed by atoms with Crippen LogP contribution >= 0.6 is 0 Å². The largest absolute Gasteiger partial charge is 0.463 e. The molecule has 1 amide bonds. The molecule has 0 fully saturated rings. The fraction of sp³-hybridized carbons (Fsp3) is 0.176. The third-order valence-corrected chi connectivity index (χ3v) is 3.08. The quantitative estimate of drug-likeness (QED) is 0.693. The lowest BCUT2D eigenvalue weighted by molar-refractivity contribution is -0.137. The van der Waals surface area contributed by atoms with E-state index in [1.165, 1.54) is 6.08 Å². The van der Waals surface area contributed by atoms with Gasteiger partial charge in [-0.1, -0.05) is 24.3 Å². The molecule has 21 heavy (non-hydrogen) atoms. The van der Waals surface area contributed by atoms with Gasteiger partial charge in [-0.25, -0.2) is 4.79 Å². The topological polar surface area (TPSA) is 55.4 Å². The van der Waals surface area contributed by atoms with E-state index in [1.807, 2.05) is 36.4 Å². The van der Waals surface area contributed by atoms with Crippen LogP contribution in [0.2, 0.25) is 0 Å². The number of benzene rings is 2. The first-order valence-electron chi connectivity index (χ1n) is 6.75. The lowest BCUT2D eigenvalue weighted by atomic mass is 10.00. The van der Waals surface area contributed by atoms with Crippen LogP contribution in [0.25, 0.3) is 16.8 Å². The van der Waals surface area contributed by atoms with E-state index in [-0.39, 0.29) is 5.91 Å². The zero-order valence-corrected chi connectivity index (χ0v) is 12.1. The summed E-state index contributed by atoms with van der Waals surface area (Å²) in [7, 11) is 1.58. The van der Waals surface area contributed by atoms with Crippen molar-refractivity contribution >= 4 is 28.7 Å². The van der Waals surface area contributed by atoms with E-state index in [4.69, 9.17) is 4.74 Å². The molecular formula is C17H17NO3. The highest BCUT2D eigenvalue weighted by atomic mass is 16.5. The van der Waals surface area contributed by atoms with E-state index in [9.17, 15) is 9.59 Å². The van der Waals surface area contributed by atoms with Gasteiger partial charge in [0, 0.05) is 18.7 Å². The second-order valence-corrected chi connectivity index (χ2v) is 4.45. The van der Waals surface area contributed by atoms with Gasteiger partial charge in [-0.3, -0.25) is 4.79 Å².